The Kier molecular flexibility index (Phi) is 5.98. The molecule has 3 heteroatoms. The van der Waals surface area contributed by atoms with Crippen LogP contribution in [0.4, 0.5) is 0 Å². The Balaban J connectivity index is 2.80. The van der Waals surface area contributed by atoms with Crippen molar-refractivity contribution in [2.45, 2.75) is 19.3 Å². The molecule has 0 atom stereocenters. The Bertz CT molecular complexity index is 382. The van der Waals surface area contributed by atoms with E-state index in [0.29, 0.717) is 0 Å². The largest absolute Gasteiger partial charge is 0.495 e. The van der Waals surface area contributed by atoms with Gasteiger partial charge in [0.25, 0.3) is 0 Å². The van der Waals surface area contributed by atoms with Gasteiger partial charge in [0.1, 0.15) is 17.1 Å². The van der Waals surface area contributed by atoms with Crippen molar-refractivity contribution in [2.24, 2.45) is 5.73 Å². The highest BCUT2D eigenvalue weighted by molar-refractivity contribution is 5.55. The second-order valence-electron chi connectivity index (χ2n) is 3.59. The van der Waals surface area contributed by atoms with Gasteiger partial charge in [0, 0.05) is 6.42 Å². The normalized spacial score (nSPS) is 9.35. The Hall–Kier alpha value is -1.66. The number of methoxy groups -OCH3 is 2. The molecule has 0 aliphatic heterocycles. The zero-order valence-corrected chi connectivity index (χ0v) is 10.5. The van der Waals surface area contributed by atoms with Gasteiger partial charge in [0.2, 0.25) is 0 Å². The Labute approximate surface area is 103 Å². The van der Waals surface area contributed by atoms with Crippen molar-refractivity contribution in [1.82, 2.24) is 0 Å². The number of nitrogens with two attached hydrogens (primary N) is 1. The zero-order chi connectivity index (χ0) is 12.5. The first-order valence-electron chi connectivity index (χ1n) is 5.73. The van der Waals surface area contributed by atoms with Crippen LogP contribution in [0.5, 0.6) is 11.5 Å². The molecule has 0 unspecified atom stereocenters. The number of hydrogen-bond donors (Lipinski definition) is 1. The summed E-state index contributed by atoms with van der Waals surface area (Å²) >= 11 is 0. The molecule has 17 heavy (non-hydrogen) atoms. The molecule has 0 saturated heterocycles. The summed E-state index contributed by atoms with van der Waals surface area (Å²) in [7, 11) is 3.27. The lowest BCUT2D eigenvalue weighted by Crippen LogP contribution is -1.97. The van der Waals surface area contributed by atoms with Crippen LogP contribution in [0.25, 0.3) is 0 Å². The summed E-state index contributed by atoms with van der Waals surface area (Å²) in [6, 6.07) is 5.65. The van der Waals surface area contributed by atoms with Gasteiger partial charge in [-0.1, -0.05) is 17.9 Å². The Morgan fingerprint density at radius 3 is 2.29 bits per heavy atom. The lowest BCUT2D eigenvalue weighted by molar-refractivity contribution is 0.392. The fourth-order valence-electron chi connectivity index (χ4n) is 1.48. The summed E-state index contributed by atoms with van der Waals surface area (Å²) in [6.45, 7) is 0.722. The second-order valence-corrected chi connectivity index (χ2v) is 3.59. The predicted molar refractivity (Wildman–Crippen MR) is 69.3 cm³/mol. The summed E-state index contributed by atoms with van der Waals surface area (Å²) in [5, 5.41) is 0. The summed E-state index contributed by atoms with van der Waals surface area (Å²) in [4.78, 5) is 0. The van der Waals surface area contributed by atoms with E-state index in [1.165, 1.54) is 0 Å². The van der Waals surface area contributed by atoms with Gasteiger partial charge in [0.15, 0.2) is 0 Å². The average molecular weight is 233 g/mol. The van der Waals surface area contributed by atoms with Gasteiger partial charge in [-0.2, -0.15) is 0 Å². The number of benzene rings is 1. The van der Waals surface area contributed by atoms with E-state index in [-0.39, 0.29) is 0 Å². The molecular weight excluding hydrogens is 214 g/mol. The lowest BCUT2D eigenvalue weighted by Gasteiger charge is -2.07. The molecule has 2 N–H and O–H groups in total. The third kappa shape index (κ3) is 4.01. The van der Waals surface area contributed by atoms with E-state index in [1.807, 2.05) is 18.2 Å². The molecule has 1 aromatic carbocycles. The first kappa shape index (κ1) is 13.4. The number of rotatable bonds is 5. The van der Waals surface area contributed by atoms with Crippen LogP contribution in [0.15, 0.2) is 18.2 Å². The van der Waals surface area contributed by atoms with E-state index >= 15 is 0 Å². The van der Waals surface area contributed by atoms with Crippen LogP contribution in [-0.2, 0) is 0 Å². The van der Waals surface area contributed by atoms with Crippen molar-refractivity contribution in [3.05, 3.63) is 23.8 Å². The maximum Gasteiger partial charge on any atom is 0.138 e. The standard InChI is InChI=1S/C14H19NO2/c1-16-13-9-7-10-14(17-2)12(13)8-5-3-4-6-11-15/h7,9-10H,3-4,6,11,15H2,1-2H3. The highest BCUT2D eigenvalue weighted by atomic mass is 16.5. The quantitative estimate of drug-likeness (QED) is 0.626. The molecule has 92 valence electrons. The van der Waals surface area contributed by atoms with E-state index in [9.17, 15) is 0 Å². The van der Waals surface area contributed by atoms with Crippen molar-refractivity contribution >= 4 is 0 Å². The molecule has 0 fully saturated rings. The minimum atomic E-state index is 0.722. The minimum absolute atomic E-state index is 0.722. The fourth-order valence-corrected chi connectivity index (χ4v) is 1.48. The minimum Gasteiger partial charge on any atom is -0.495 e. The highest BCUT2D eigenvalue weighted by Gasteiger charge is 2.05. The van der Waals surface area contributed by atoms with Crippen molar-refractivity contribution < 1.29 is 9.47 Å². The van der Waals surface area contributed by atoms with Gasteiger partial charge < -0.3 is 15.2 Å². The van der Waals surface area contributed by atoms with Crippen LogP contribution in [0.2, 0.25) is 0 Å². The maximum absolute atomic E-state index is 5.42. The Morgan fingerprint density at radius 1 is 1.12 bits per heavy atom. The Morgan fingerprint density at radius 2 is 1.76 bits per heavy atom. The van der Waals surface area contributed by atoms with Crippen LogP contribution in [0.3, 0.4) is 0 Å². The molecule has 0 radical (unpaired) electrons. The number of hydrogen-bond acceptors (Lipinski definition) is 3. The molecule has 1 aromatic rings. The maximum atomic E-state index is 5.42. The van der Waals surface area contributed by atoms with Gasteiger partial charge in [0.05, 0.1) is 14.2 Å². The van der Waals surface area contributed by atoms with E-state index in [1.54, 1.807) is 14.2 Å². The van der Waals surface area contributed by atoms with Crippen LogP contribution in [0.1, 0.15) is 24.8 Å². The van der Waals surface area contributed by atoms with Crippen molar-refractivity contribution in [1.29, 1.82) is 0 Å². The van der Waals surface area contributed by atoms with E-state index in [0.717, 1.165) is 42.9 Å². The SMILES string of the molecule is COc1cccc(OC)c1C#CCCCCN. The van der Waals surface area contributed by atoms with Gasteiger partial charge in [-0.05, 0) is 31.5 Å². The second kappa shape index (κ2) is 7.59. The predicted octanol–water partition coefficient (Wildman–Crippen LogP) is 2.18. The zero-order valence-electron chi connectivity index (χ0n) is 10.5. The molecule has 0 aromatic heterocycles. The summed E-state index contributed by atoms with van der Waals surface area (Å²) in [5.41, 5.74) is 6.24. The van der Waals surface area contributed by atoms with E-state index < -0.39 is 0 Å². The first-order chi connectivity index (χ1) is 8.33. The third-order valence-corrected chi connectivity index (χ3v) is 2.40. The number of unbranched alkanes of at least 4 members (excludes halogenated alkanes) is 2. The van der Waals surface area contributed by atoms with Gasteiger partial charge >= 0.3 is 0 Å². The van der Waals surface area contributed by atoms with E-state index in [2.05, 4.69) is 11.8 Å². The average Bonchev–Trinajstić information content (AvgIpc) is 2.38. The third-order valence-electron chi connectivity index (χ3n) is 2.40. The van der Waals surface area contributed by atoms with E-state index in [4.69, 9.17) is 15.2 Å². The van der Waals surface area contributed by atoms with Crippen LogP contribution in [0, 0.1) is 11.8 Å². The molecule has 3 nitrogen and oxygen atoms in total. The first-order valence-corrected chi connectivity index (χ1v) is 5.73. The molecule has 0 aliphatic rings. The summed E-state index contributed by atoms with van der Waals surface area (Å²) in [5.74, 6) is 7.71. The van der Waals surface area contributed by atoms with Crippen LogP contribution < -0.4 is 15.2 Å². The monoisotopic (exact) mass is 233 g/mol. The molecule has 1 rings (SSSR count). The van der Waals surface area contributed by atoms with Crippen molar-refractivity contribution in [2.75, 3.05) is 20.8 Å². The van der Waals surface area contributed by atoms with Crippen molar-refractivity contribution in [3.8, 4) is 23.3 Å². The van der Waals surface area contributed by atoms with Gasteiger partial charge in [-0.25, -0.2) is 0 Å². The van der Waals surface area contributed by atoms with Crippen molar-refractivity contribution in [3.63, 3.8) is 0 Å². The smallest absolute Gasteiger partial charge is 0.138 e. The molecule has 0 spiro atoms. The molecule has 0 amide bonds. The fraction of sp³-hybridized carbons (Fsp3) is 0.429. The number of ether oxygens (including phenoxy) is 2. The van der Waals surface area contributed by atoms with Gasteiger partial charge in [-0.3, -0.25) is 0 Å². The van der Waals surface area contributed by atoms with Gasteiger partial charge in [-0.15, -0.1) is 0 Å². The van der Waals surface area contributed by atoms with Crippen LogP contribution in [-0.4, -0.2) is 20.8 Å². The molecular formula is C14H19NO2. The summed E-state index contributed by atoms with van der Waals surface area (Å²) in [6.07, 6.45) is 2.89. The molecule has 0 bridgehead atoms. The molecule has 0 saturated carbocycles. The molecule has 0 aliphatic carbocycles. The molecule has 0 heterocycles. The highest BCUT2D eigenvalue weighted by Crippen LogP contribution is 2.26. The topological polar surface area (TPSA) is 44.5 Å². The lowest BCUT2D eigenvalue weighted by atomic mass is 10.1. The summed E-state index contributed by atoms with van der Waals surface area (Å²) < 4.78 is 10.5. The van der Waals surface area contributed by atoms with Crippen LogP contribution >= 0.6 is 0 Å².